The third-order valence-electron chi connectivity index (χ3n) is 5.77. The number of amidine groups is 1. The minimum atomic E-state index is -0.316. The summed E-state index contributed by atoms with van der Waals surface area (Å²) in [5.41, 5.74) is 3.95. The minimum absolute atomic E-state index is 0.316. The van der Waals surface area contributed by atoms with Gasteiger partial charge in [0.25, 0.3) is 0 Å². The molecule has 2 aliphatic carbocycles. The SMILES string of the molecule is CCOC(=O)/C(=N\Nc1ccc(Br)cc1)N(C1CCCCC1)C1CCCCC1. The molecule has 0 heterocycles. The fourth-order valence-electron chi connectivity index (χ4n) is 4.41. The summed E-state index contributed by atoms with van der Waals surface area (Å²) in [4.78, 5) is 15.2. The Bertz CT molecular complexity index is 632. The maximum atomic E-state index is 12.9. The van der Waals surface area contributed by atoms with Gasteiger partial charge in [0.05, 0.1) is 12.3 Å². The lowest BCUT2D eigenvalue weighted by molar-refractivity contribution is -0.136. The van der Waals surface area contributed by atoms with E-state index in [9.17, 15) is 4.79 Å². The molecule has 0 saturated heterocycles. The number of carbonyl (C=O) groups is 1. The van der Waals surface area contributed by atoms with E-state index >= 15 is 0 Å². The van der Waals surface area contributed by atoms with Gasteiger partial charge in [-0.15, -0.1) is 5.10 Å². The number of nitrogens with one attached hydrogen (secondary N) is 1. The Morgan fingerprint density at radius 2 is 1.57 bits per heavy atom. The van der Waals surface area contributed by atoms with Gasteiger partial charge in [0.2, 0.25) is 5.84 Å². The third-order valence-corrected chi connectivity index (χ3v) is 6.30. The number of hydrazone groups is 1. The van der Waals surface area contributed by atoms with Crippen LogP contribution in [0.1, 0.15) is 71.1 Å². The largest absolute Gasteiger partial charge is 0.460 e. The van der Waals surface area contributed by atoms with Gasteiger partial charge in [-0.3, -0.25) is 5.43 Å². The number of esters is 1. The van der Waals surface area contributed by atoms with Crippen molar-refractivity contribution in [2.75, 3.05) is 12.0 Å². The van der Waals surface area contributed by atoms with Crippen LogP contribution in [-0.2, 0) is 9.53 Å². The molecular formula is C22H32BrN3O2. The summed E-state index contributed by atoms with van der Waals surface area (Å²) in [6.07, 6.45) is 12.0. The van der Waals surface area contributed by atoms with E-state index in [-0.39, 0.29) is 5.97 Å². The van der Waals surface area contributed by atoms with E-state index in [0.717, 1.165) is 35.8 Å². The second kappa shape index (κ2) is 10.8. The second-order valence-electron chi connectivity index (χ2n) is 7.77. The normalized spacial score (nSPS) is 19.3. The summed E-state index contributed by atoms with van der Waals surface area (Å²) in [6.45, 7) is 2.21. The molecule has 1 aromatic rings. The zero-order valence-corrected chi connectivity index (χ0v) is 18.4. The number of anilines is 1. The first kappa shape index (κ1) is 21.2. The lowest BCUT2D eigenvalue weighted by Gasteiger charge is -2.42. The molecule has 0 aliphatic heterocycles. The molecule has 0 spiro atoms. The molecule has 0 radical (unpaired) electrons. The van der Waals surface area contributed by atoms with Gasteiger partial charge in [-0.05, 0) is 56.9 Å². The fraction of sp³-hybridized carbons (Fsp3) is 0.636. The van der Waals surface area contributed by atoms with Crippen molar-refractivity contribution in [2.24, 2.45) is 5.10 Å². The van der Waals surface area contributed by atoms with E-state index in [1.165, 1.54) is 38.5 Å². The number of halogens is 1. The van der Waals surface area contributed by atoms with E-state index in [0.29, 0.717) is 24.5 Å². The summed E-state index contributed by atoms with van der Waals surface area (Å²) in [6, 6.07) is 8.58. The van der Waals surface area contributed by atoms with Gasteiger partial charge in [0, 0.05) is 16.6 Å². The van der Waals surface area contributed by atoms with Crippen LogP contribution in [0.25, 0.3) is 0 Å². The van der Waals surface area contributed by atoms with Crippen LogP contribution in [0.3, 0.4) is 0 Å². The number of ether oxygens (including phenoxy) is 1. The molecule has 0 amide bonds. The molecule has 1 N–H and O–H groups in total. The van der Waals surface area contributed by atoms with Crippen LogP contribution in [0.2, 0.25) is 0 Å². The average Bonchev–Trinajstić information content (AvgIpc) is 2.73. The second-order valence-corrected chi connectivity index (χ2v) is 8.68. The van der Waals surface area contributed by atoms with Crippen molar-refractivity contribution >= 4 is 33.4 Å². The molecular weight excluding hydrogens is 418 g/mol. The zero-order valence-electron chi connectivity index (χ0n) is 16.8. The molecule has 0 aromatic heterocycles. The molecule has 0 unspecified atom stereocenters. The maximum absolute atomic E-state index is 12.9. The van der Waals surface area contributed by atoms with E-state index in [4.69, 9.17) is 4.74 Å². The Kier molecular flexibility index (Phi) is 8.19. The zero-order chi connectivity index (χ0) is 19.8. The number of hydrogen-bond donors (Lipinski definition) is 1. The number of benzene rings is 1. The Balaban J connectivity index is 1.88. The monoisotopic (exact) mass is 449 g/mol. The van der Waals surface area contributed by atoms with Crippen LogP contribution >= 0.6 is 15.9 Å². The predicted molar refractivity (Wildman–Crippen MR) is 117 cm³/mol. The quantitative estimate of drug-likeness (QED) is 0.270. The van der Waals surface area contributed by atoms with Crippen LogP contribution < -0.4 is 5.43 Å². The highest BCUT2D eigenvalue weighted by molar-refractivity contribution is 9.10. The third kappa shape index (κ3) is 5.72. The minimum Gasteiger partial charge on any atom is -0.460 e. The summed E-state index contributed by atoms with van der Waals surface area (Å²) < 4.78 is 6.43. The Hall–Kier alpha value is -1.56. The van der Waals surface area contributed by atoms with E-state index in [1.807, 2.05) is 31.2 Å². The van der Waals surface area contributed by atoms with Gasteiger partial charge >= 0.3 is 5.97 Å². The van der Waals surface area contributed by atoms with E-state index in [1.54, 1.807) is 0 Å². The summed E-state index contributed by atoms with van der Waals surface area (Å²) in [7, 11) is 0. The Morgan fingerprint density at radius 3 is 2.07 bits per heavy atom. The van der Waals surface area contributed by atoms with Crippen molar-refractivity contribution < 1.29 is 9.53 Å². The van der Waals surface area contributed by atoms with Gasteiger partial charge < -0.3 is 9.64 Å². The molecule has 6 heteroatoms. The van der Waals surface area contributed by atoms with E-state index < -0.39 is 0 Å². The van der Waals surface area contributed by atoms with Crippen LogP contribution in [0.15, 0.2) is 33.8 Å². The number of hydrogen-bond acceptors (Lipinski definition) is 4. The number of rotatable bonds is 5. The van der Waals surface area contributed by atoms with Crippen molar-refractivity contribution in [1.29, 1.82) is 0 Å². The van der Waals surface area contributed by atoms with E-state index in [2.05, 4.69) is 31.4 Å². The number of carbonyl (C=O) groups excluding carboxylic acids is 1. The van der Waals surface area contributed by atoms with Crippen LogP contribution in [-0.4, -0.2) is 35.4 Å². The van der Waals surface area contributed by atoms with Crippen molar-refractivity contribution in [2.45, 2.75) is 83.2 Å². The molecule has 1 aromatic carbocycles. The van der Waals surface area contributed by atoms with Gasteiger partial charge in [-0.25, -0.2) is 4.79 Å². The average molecular weight is 450 g/mol. The molecule has 3 rings (SSSR count). The first-order valence-electron chi connectivity index (χ1n) is 10.7. The van der Waals surface area contributed by atoms with Crippen molar-refractivity contribution in [3.8, 4) is 0 Å². The van der Waals surface area contributed by atoms with Crippen LogP contribution in [0.4, 0.5) is 5.69 Å². The first-order valence-corrected chi connectivity index (χ1v) is 11.5. The summed E-state index contributed by atoms with van der Waals surface area (Å²) in [5, 5.41) is 4.60. The van der Waals surface area contributed by atoms with Crippen molar-refractivity contribution in [1.82, 2.24) is 4.90 Å². The van der Waals surface area contributed by atoms with Crippen LogP contribution in [0.5, 0.6) is 0 Å². The first-order chi connectivity index (χ1) is 13.7. The van der Waals surface area contributed by atoms with Gasteiger partial charge in [0.1, 0.15) is 0 Å². The highest BCUT2D eigenvalue weighted by Crippen LogP contribution is 2.31. The van der Waals surface area contributed by atoms with Crippen molar-refractivity contribution in [3.63, 3.8) is 0 Å². The molecule has 28 heavy (non-hydrogen) atoms. The number of nitrogens with zero attached hydrogens (tertiary/aromatic N) is 2. The maximum Gasteiger partial charge on any atom is 0.376 e. The lowest BCUT2D eigenvalue weighted by Crippen LogP contribution is -2.52. The molecule has 2 aliphatic rings. The molecule has 5 nitrogen and oxygen atoms in total. The topological polar surface area (TPSA) is 53.9 Å². The summed E-state index contributed by atoms with van der Waals surface area (Å²) in [5.74, 6) is 0.131. The van der Waals surface area contributed by atoms with Gasteiger partial charge in [0.15, 0.2) is 0 Å². The molecule has 0 bridgehead atoms. The highest BCUT2D eigenvalue weighted by Gasteiger charge is 2.35. The summed E-state index contributed by atoms with van der Waals surface area (Å²) >= 11 is 3.45. The van der Waals surface area contributed by atoms with Crippen molar-refractivity contribution in [3.05, 3.63) is 28.7 Å². The predicted octanol–water partition coefficient (Wildman–Crippen LogP) is 5.71. The van der Waals surface area contributed by atoms with Crippen LogP contribution in [0, 0.1) is 0 Å². The fourth-order valence-corrected chi connectivity index (χ4v) is 4.67. The molecule has 0 atom stereocenters. The lowest BCUT2D eigenvalue weighted by atomic mass is 9.88. The molecule has 2 saturated carbocycles. The standard InChI is InChI=1S/C22H32BrN3O2/c1-2-28-22(27)21(25-24-18-15-13-17(23)14-16-18)26(19-9-5-3-6-10-19)20-11-7-4-8-12-20/h13-16,19-20,24H,2-12H2,1H3/b25-21+. The molecule has 2 fully saturated rings. The molecule has 154 valence electrons. The highest BCUT2D eigenvalue weighted by atomic mass is 79.9. The van der Waals surface area contributed by atoms with Gasteiger partial charge in [-0.1, -0.05) is 54.5 Å². The Morgan fingerprint density at radius 1 is 1.04 bits per heavy atom. The Labute approximate surface area is 177 Å². The smallest absolute Gasteiger partial charge is 0.376 e. The van der Waals surface area contributed by atoms with Gasteiger partial charge in [-0.2, -0.15) is 0 Å².